The van der Waals surface area contributed by atoms with Crippen LogP contribution in [0.3, 0.4) is 0 Å². The lowest BCUT2D eigenvalue weighted by molar-refractivity contribution is -0.140. The van der Waals surface area contributed by atoms with Gasteiger partial charge >= 0.3 is 12.0 Å². The topological polar surface area (TPSA) is 156 Å². The predicted octanol–water partition coefficient (Wildman–Crippen LogP) is 11.8. The number of unbranched alkanes of at least 4 members (excludes halogenated alkanes) is 13. The third kappa shape index (κ3) is 14.9. The van der Waals surface area contributed by atoms with Gasteiger partial charge in [-0.25, -0.2) is 14.7 Å². The molecular weight excluding hydrogens is 854 g/mol. The summed E-state index contributed by atoms with van der Waals surface area (Å²) in [5.74, 6) is -5.23. The lowest BCUT2D eigenvalue weighted by atomic mass is 9.99. The SMILES string of the molecule is CCCCCCCCCCCCCCCC=CCC(CC(=O)O)C(=O)Nc1ccc(CN2C(=O)N(C(Cl)(C(=O)Nc3ccccc3)C(=O)c3ccccc3)C(=O)CN2c2ccccc2)cc1. The zero-order chi connectivity index (χ0) is 47.2. The lowest BCUT2D eigenvalue weighted by Crippen LogP contribution is -2.71. The number of hydrogen-bond acceptors (Lipinski definition) is 7. The first kappa shape index (κ1) is 50.7. The Balaban J connectivity index is 1.22. The molecule has 2 unspecified atom stereocenters. The maximum Gasteiger partial charge on any atom is 0.348 e. The van der Waals surface area contributed by atoms with E-state index in [1.54, 1.807) is 103 Å². The fourth-order valence-electron chi connectivity index (χ4n) is 7.98. The highest BCUT2D eigenvalue weighted by atomic mass is 35.5. The number of carboxylic acid groups (broad SMARTS) is 1. The van der Waals surface area contributed by atoms with Crippen LogP contribution in [0.25, 0.3) is 0 Å². The first-order valence-electron chi connectivity index (χ1n) is 23.4. The van der Waals surface area contributed by atoms with Crippen LogP contribution in [0.2, 0.25) is 0 Å². The summed E-state index contributed by atoms with van der Waals surface area (Å²) in [5, 5.41) is 17.8. The number of carbonyl (C=O) groups is 6. The number of nitrogens with zero attached hydrogens (tertiary/aromatic N) is 3. The van der Waals surface area contributed by atoms with Gasteiger partial charge in [-0.1, -0.05) is 187 Å². The second-order valence-electron chi connectivity index (χ2n) is 16.8. The molecule has 3 N–H and O–H groups in total. The summed E-state index contributed by atoms with van der Waals surface area (Å²) in [4.78, 5) is 80.2. The maximum absolute atomic E-state index is 14.8. The van der Waals surface area contributed by atoms with Gasteiger partial charge in [0, 0.05) is 16.9 Å². The normalized spacial score (nSPS) is 14.2. The zero-order valence-corrected chi connectivity index (χ0v) is 38.8. The Morgan fingerprint density at radius 2 is 1.21 bits per heavy atom. The molecule has 4 aromatic rings. The van der Waals surface area contributed by atoms with Crippen LogP contribution in [0, 0.1) is 5.92 Å². The molecule has 1 aliphatic heterocycles. The van der Waals surface area contributed by atoms with Crippen molar-refractivity contribution < 1.29 is 33.9 Å². The molecule has 4 aromatic carbocycles. The minimum atomic E-state index is -2.83. The molecular formula is C53H64ClN5O7. The number of amides is 5. The number of carboxylic acids is 1. The number of imide groups is 1. The molecule has 0 bridgehead atoms. The summed E-state index contributed by atoms with van der Waals surface area (Å²) in [6.45, 7) is 1.67. The van der Waals surface area contributed by atoms with Crippen molar-refractivity contribution in [3.63, 3.8) is 0 Å². The van der Waals surface area contributed by atoms with Crippen LogP contribution in [0.4, 0.5) is 21.9 Å². The molecule has 0 aromatic heterocycles. The van der Waals surface area contributed by atoms with Gasteiger partial charge in [-0.15, -0.1) is 0 Å². The Bertz CT molecular complexity index is 2210. The molecule has 0 radical (unpaired) electrons. The number of hydrogen-bond donors (Lipinski definition) is 3. The second-order valence-corrected chi connectivity index (χ2v) is 17.4. The Morgan fingerprint density at radius 1 is 0.682 bits per heavy atom. The molecule has 2 atom stereocenters. The van der Waals surface area contributed by atoms with Gasteiger partial charge in [0.2, 0.25) is 11.7 Å². The van der Waals surface area contributed by atoms with Gasteiger partial charge in [0.15, 0.2) is 0 Å². The van der Waals surface area contributed by atoms with E-state index in [0.29, 0.717) is 27.5 Å². The monoisotopic (exact) mass is 917 g/mol. The highest BCUT2D eigenvalue weighted by Gasteiger charge is 2.58. The van der Waals surface area contributed by atoms with E-state index in [0.717, 1.165) is 19.3 Å². The standard InChI is InChI=1S/C53H64ClN5O7/c1-2-3-4-5-6-7-8-9-10-11-12-13-14-15-16-20-29-43(38-48(61)62)50(64)55-45-36-34-41(35-37-45)39-58-52(66)59(47(60)40-57(58)46-32-25-19-26-33-46)53(54,49(63)42-27-21-17-22-28-42)51(65)56-44-30-23-18-24-31-44/h16-28,30-37,43H,2-15,29,38-40H2,1H3,(H,55,64)(H,56,65)(H,61,62). The van der Waals surface area contributed by atoms with Crippen molar-refractivity contribution in [3.8, 4) is 0 Å². The minimum absolute atomic E-state index is 0.0117. The van der Waals surface area contributed by atoms with Crippen LogP contribution < -0.4 is 15.6 Å². The molecule has 13 heteroatoms. The highest BCUT2D eigenvalue weighted by Crippen LogP contribution is 2.34. The number of aliphatic carboxylic acids is 1. The molecule has 1 heterocycles. The summed E-state index contributed by atoms with van der Waals surface area (Å²) in [6, 6.07) is 30.3. The number of urea groups is 1. The summed E-state index contributed by atoms with van der Waals surface area (Å²) in [7, 11) is 0. The summed E-state index contributed by atoms with van der Waals surface area (Å²) >= 11 is 7.08. The number of rotatable bonds is 28. The summed E-state index contributed by atoms with van der Waals surface area (Å²) in [5.41, 5.74) is 1.79. The van der Waals surface area contributed by atoms with Crippen molar-refractivity contribution in [1.82, 2.24) is 9.91 Å². The molecule has 0 spiro atoms. The number of benzene rings is 4. The van der Waals surface area contributed by atoms with Crippen molar-refractivity contribution in [3.05, 3.63) is 139 Å². The van der Waals surface area contributed by atoms with Gasteiger partial charge in [0.1, 0.15) is 6.54 Å². The van der Waals surface area contributed by atoms with Gasteiger partial charge in [-0.05, 0) is 61.2 Å². The van der Waals surface area contributed by atoms with Crippen LogP contribution in [0.1, 0.15) is 126 Å². The summed E-state index contributed by atoms with van der Waals surface area (Å²) in [6.07, 6.45) is 21.4. The average molecular weight is 919 g/mol. The van der Waals surface area contributed by atoms with E-state index in [4.69, 9.17) is 11.6 Å². The second kappa shape index (κ2) is 26.6. The van der Waals surface area contributed by atoms with Crippen molar-refractivity contribution >= 4 is 64.2 Å². The van der Waals surface area contributed by atoms with E-state index in [2.05, 4.69) is 17.6 Å². The van der Waals surface area contributed by atoms with Crippen molar-refractivity contribution in [2.24, 2.45) is 5.92 Å². The number of para-hydroxylation sites is 2. The Kier molecular flexibility index (Phi) is 20.5. The Hall–Kier alpha value is -6.27. The molecule has 1 fully saturated rings. The zero-order valence-electron chi connectivity index (χ0n) is 38.0. The third-order valence-electron chi connectivity index (χ3n) is 11.7. The summed E-state index contributed by atoms with van der Waals surface area (Å²) < 4.78 is 0. The van der Waals surface area contributed by atoms with Crippen molar-refractivity contribution in [1.29, 1.82) is 0 Å². The fraction of sp³-hybridized carbons (Fsp3) is 0.396. The van der Waals surface area contributed by atoms with Gasteiger partial charge in [-0.3, -0.25) is 29.0 Å². The van der Waals surface area contributed by atoms with Crippen molar-refractivity contribution in [2.45, 2.75) is 121 Å². The molecule has 5 rings (SSSR count). The first-order valence-corrected chi connectivity index (χ1v) is 23.8. The van der Waals surface area contributed by atoms with E-state index in [1.165, 1.54) is 92.8 Å². The molecule has 12 nitrogen and oxygen atoms in total. The Labute approximate surface area is 394 Å². The van der Waals surface area contributed by atoms with E-state index in [9.17, 15) is 33.9 Å². The van der Waals surface area contributed by atoms with Gasteiger partial charge in [0.25, 0.3) is 16.8 Å². The Morgan fingerprint density at radius 3 is 1.79 bits per heavy atom. The van der Waals surface area contributed by atoms with E-state index < -0.39 is 53.0 Å². The number of hydrazine groups is 1. The van der Waals surface area contributed by atoms with Gasteiger partial charge in [-0.2, -0.15) is 0 Å². The third-order valence-corrected chi connectivity index (χ3v) is 12.2. The van der Waals surface area contributed by atoms with Crippen LogP contribution in [0.5, 0.6) is 0 Å². The quantitative estimate of drug-likeness (QED) is 0.0127. The number of ketones is 1. The number of anilines is 3. The van der Waals surface area contributed by atoms with E-state index in [-0.39, 0.29) is 24.9 Å². The molecule has 0 saturated carbocycles. The molecule has 1 aliphatic rings. The molecule has 0 aliphatic carbocycles. The highest BCUT2D eigenvalue weighted by molar-refractivity contribution is 6.51. The predicted molar refractivity (Wildman–Crippen MR) is 261 cm³/mol. The number of halogens is 1. The fourth-order valence-corrected chi connectivity index (χ4v) is 8.31. The molecule has 350 valence electrons. The van der Waals surface area contributed by atoms with Crippen LogP contribution in [-0.2, 0) is 25.7 Å². The van der Waals surface area contributed by atoms with Crippen LogP contribution in [0.15, 0.2) is 127 Å². The van der Waals surface area contributed by atoms with Gasteiger partial charge < -0.3 is 15.7 Å². The molecule has 1 saturated heterocycles. The minimum Gasteiger partial charge on any atom is -0.481 e. The number of carbonyl (C=O) groups excluding carboxylic acids is 5. The van der Waals surface area contributed by atoms with Crippen LogP contribution in [-0.4, -0.2) is 62.1 Å². The smallest absolute Gasteiger partial charge is 0.348 e. The first-order chi connectivity index (χ1) is 32.0. The number of alkyl halides is 1. The molecule has 66 heavy (non-hydrogen) atoms. The van der Waals surface area contributed by atoms with E-state index >= 15 is 0 Å². The van der Waals surface area contributed by atoms with E-state index in [1.807, 2.05) is 12.2 Å². The van der Waals surface area contributed by atoms with Gasteiger partial charge in [0.05, 0.1) is 24.6 Å². The number of Topliss-reactive ketones (excluding diaryl/α,β-unsaturated/α-hetero) is 1. The number of allylic oxidation sites excluding steroid dienone is 2. The number of nitrogens with one attached hydrogen (secondary N) is 2. The molecule has 5 amide bonds. The average Bonchev–Trinajstić information content (AvgIpc) is 3.32. The van der Waals surface area contributed by atoms with Crippen molar-refractivity contribution in [2.75, 3.05) is 22.2 Å². The largest absolute Gasteiger partial charge is 0.481 e. The lowest BCUT2D eigenvalue weighted by Gasteiger charge is -2.47. The van der Waals surface area contributed by atoms with Crippen LogP contribution >= 0.6 is 11.6 Å². The maximum atomic E-state index is 14.8.